The molecule has 0 saturated heterocycles. The highest BCUT2D eigenvalue weighted by Gasteiger charge is 1.99. The van der Waals surface area contributed by atoms with Crippen LogP contribution in [0.1, 0.15) is 11.1 Å². The zero-order valence-corrected chi connectivity index (χ0v) is 13.7. The van der Waals surface area contributed by atoms with Crippen molar-refractivity contribution in [1.29, 1.82) is 0 Å². The number of hydrogen-bond donors (Lipinski definition) is 2. The topological polar surface area (TPSA) is 79.0 Å². The fraction of sp³-hybridized carbons (Fsp3) is 0.118. The first-order chi connectivity index (χ1) is 10.9. The molecule has 0 aromatic heterocycles. The SMILES string of the molecule is O=C(O)Cc1ccc(Br)cc1.[C-]#[N+]c1ccc(CC(=O)O)cc1. The van der Waals surface area contributed by atoms with E-state index in [0.29, 0.717) is 5.69 Å². The van der Waals surface area contributed by atoms with Crippen molar-refractivity contribution in [2.45, 2.75) is 12.8 Å². The van der Waals surface area contributed by atoms with Crippen LogP contribution in [0.4, 0.5) is 5.69 Å². The van der Waals surface area contributed by atoms with Gasteiger partial charge in [0.25, 0.3) is 0 Å². The number of nitrogens with zero attached hydrogens (tertiary/aromatic N) is 1. The molecule has 0 unspecified atom stereocenters. The summed E-state index contributed by atoms with van der Waals surface area (Å²) in [5.74, 6) is -1.65. The van der Waals surface area contributed by atoms with Crippen molar-refractivity contribution in [1.82, 2.24) is 0 Å². The molecule has 0 aliphatic carbocycles. The molecule has 5 nitrogen and oxygen atoms in total. The predicted octanol–water partition coefficient (Wildman–Crippen LogP) is 3.94. The number of aliphatic carboxylic acids is 2. The van der Waals surface area contributed by atoms with Crippen molar-refractivity contribution >= 4 is 33.6 Å². The first-order valence-electron chi connectivity index (χ1n) is 6.55. The fourth-order valence-electron chi connectivity index (χ4n) is 1.64. The van der Waals surface area contributed by atoms with Crippen LogP contribution in [0, 0.1) is 6.57 Å². The lowest BCUT2D eigenvalue weighted by Gasteiger charge is -1.95. The van der Waals surface area contributed by atoms with E-state index in [4.69, 9.17) is 16.8 Å². The summed E-state index contributed by atoms with van der Waals surface area (Å²) < 4.78 is 0.964. The van der Waals surface area contributed by atoms with Crippen LogP contribution >= 0.6 is 15.9 Å². The maximum Gasteiger partial charge on any atom is 0.307 e. The minimum Gasteiger partial charge on any atom is -0.481 e. The average Bonchev–Trinajstić information content (AvgIpc) is 2.50. The summed E-state index contributed by atoms with van der Waals surface area (Å²) in [7, 11) is 0. The second kappa shape index (κ2) is 9.38. The minimum atomic E-state index is -0.856. The molecule has 0 heterocycles. The minimum absolute atomic E-state index is 0.0122. The molecule has 2 aromatic rings. The van der Waals surface area contributed by atoms with Crippen molar-refractivity contribution in [2.75, 3.05) is 0 Å². The lowest BCUT2D eigenvalue weighted by Crippen LogP contribution is -1.99. The van der Waals surface area contributed by atoms with Crippen LogP contribution < -0.4 is 0 Å². The lowest BCUT2D eigenvalue weighted by molar-refractivity contribution is -0.137. The summed E-state index contributed by atoms with van der Waals surface area (Å²) >= 11 is 3.26. The fourth-order valence-corrected chi connectivity index (χ4v) is 1.90. The summed E-state index contributed by atoms with van der Waals surface area (Å²) in [5, 5.41) is 16.9. The maximum atomic E-state index is 10.3. The molecule has 23 heavy (non-hydrogen) atoms. The second-order valence-electron chi connectivity index (χ2n) is 4.55. The molecule has 6 heteroatoms. The Bertz CT molecular complexity index is 703. The normalized spacial score (nSPS) is 9.22. The van der Waals surface area contributed by atoms with Crippen molar-refractivity contribution in [3.8, 4) is 0 Å². The smallest absolute Gasteiger partial charge is 0.307 e. The molecule has 2 aromatic carbocycles. The van der Waals surface area contributed by atoms with E-state index >= 15 is 0 Å². The van der Waals surface area contributed by atoms with Gasteiger partial charge < -0.3 is 10.2 Å². The van der Waals surface area contributed by atoms with Crippen LogP contribution in [0.3, 0.4) is 0 Å². The molecular formula is C17H14BrNO4. The molecule has 118 valence electrons. The number of halogens is 1. The van der Waals surface area contributed by atoms with E-state index in [9.17, 15) is 9.59 Å². The van der Waals surface area contributed by atoms with Gasteiger partial charge in [0.2, 0.25) is 0 Å². The number of carboxylic acids is 2. The molecule has 0 spiro atoms. The van der Waals surface area contributed by atoms with Gasteiger partial charge in [0, 0.05) is 4.47 Å². The Labute approximate surface area is 142 Å². The Morgan fingerprint density at radius 2 is 1.26 bits per heavy atom. The predicted molar refractivity (Wildman–Crippen MR) is 89.5 cm³/mol. The molecule has 0 radical (unpaired) electrons. The second-order valence-corrected chi connectivity index (χ2v) is 5.46. The van der Waals surface area contributed by atoms with Gasteiger partial charge in [0.15, 0.2) is 5.69 Å². The van der Waals surface area contributed by atoms with Gasteiger partial charge in [-0.15, -0.1) is 0 Å². The quantitative estimate of drug-likeness (QED) is 0.793. The first kappa shape index (κ1) is 18.4. The molecule has 2 N–H and O–H groups in total. The number of benzene rings is 2. The zero-order chi connectivity index (χ0) is 17.2. The summed E-state index contributed by atoms with van der Waals surface area (Å²) in [6.45, 7) is 6.66. The van der Waals surface area contributed by atoms with Gasteiger partial charge in [-0.2, -0.15) is 0 Å². The van der Waals surface area contributed by atoms with Crippen LogP contribution in [0.5, 0.6) is 0 Å². The Hall–Kier alpha value is -2.65. The van der Waals surface area contributed by atoms with Crippen molar-refractivity contribution in [3.63, 3.8) is 0 Å². The Kier molecular flexibility index (Phi) is 7.51. The first-order valence-corrected chi connectivity index (χ1v) is 7.34. The molecule has 0 bridgehead atoms. The maximum absolute atomic E-state index is 10.3. The molecule has 0 saturated carbocycles. The van der Waals surface area contributed by atoms with Gasteiger partial charge in [-0.05, 0) is 23.3 Å². The highest BCUT2D eigenvalue weighted by atomic mass is 79.9. The third-order valence-corrected chi connectivity index (χ3v) is 3.22. The Balaban J connectivity index is 0.000000231. The average molecular weight is 376 g/mol. The van der Waals surface area contributed by atoms with E-state index in [1.807, 2.05) is 12.1 Å². The van der Waals surface area contributed by atoms with E-state index < -0.39 is 11.9 Å². The third-order valence-electron chi connectivity index (χ3n) is 2.69. The van der Waals surface area contributed by atoms with Crippen molar-refractivity contribution in [2.24, 2.45) is 0 Å². The van der Waals surface area contributed by atoms with Crippen LogP contribution in [0.2, 0.25) is 0 Å². The van der Waals surface area contributed by atoms with Crippen molar-refractivity contribution in [3.05, 3.63) is 75.5 Å². The number of hydrogen-bond acceptors (Lipinski definition) is 2. The zero-order valence-electron chi connectivity index (χ0n) is 12.1. The number of carbonyl (C=O) groups is 2. The van der Waals surface area contributed by atoms with E-state index in [0.717, 1.165) is 15.6 Å². The van der Waals surface area contributed by atoms with E-state index in [1.54, 1.807) is 36.4 Å². The molecule has 0 aliphatic rings. The Morgan fingerprint density at radius 1 is 0.870 bits per heavy atom. The van der Waals surface area contributed by atoms with Crippen LogP contribution in [-0.4, -0.2) is 22.2 Å². The largest absolute Gasteiger partial charge is 0.481 e. The summed E-state index contributed by atoms with van der Waals surface area (Å²) in [5.41, 5.74) is 2.07. The number of rotatable bonds is 4. The van der Waals surface area contributed by atoms with Crippen LogP contribution in [0.25, 0.3) is 4.85 Å². The third kappa shape index (κ3) is 7.79. The van der Waals surface area contributed by atoms with Crippen LogP contribution in [-0.2, 0) is 22.4 Å². The number of carboxylic acid groups (broad SMARTS) is 2. The molecule has 2 rings (SSSR count). The molecule has 0 atom stereocenters. The van der Waals surface area contributed by atoms with E-state index in [2.05, 4.69) is 20.8 Å². The van der Waals surface area contributed by atoms with Gasteiger partial charge in [0.1, 0.15) is 0 Å². The molecule has 0 amide bonds. The van der Waals surface area contributed by atoms with E-state index in [-0.39, 0.29) is 12.8 Å². The standard InChI is InChI=1S/C9H7NO2.C8H7BrO2/c1-10-8-4-2-7(3-5-8)6-9(11)12;9-7-3-1-6(2-4-7)5-8(10)11/h2-5H,6H2,(H,11,12);1-4H,5H2,(H,10,11). The molecule has 0 aliphatic heterocycles. The van der Waals surface area contributed by atoms with E-state index in [1.165, 1.54) is 0 Å². The van der Waals surface area contributed by atoms with Gasteiger partial charge in [-0.25, -0.2) is 4.85 Å². The summed E-state index contributed by atoms with van der Waals surface area (Å²) in [4.78, 5) is 23.7. The lowest BCUT2D eigenvalue weighted by atomic mass is 10.1. The van der Waals surface area contributed by atoms with Gasteiger partial charge >= 0.3 is 11.9 Å². The van der Waals surface area contributed by atoms with Crippen LogP contribution in [0.15, 0.2) is 53.0 Å². The monoisotopic (exact) mass is 375 g/mol. The van der Waals surface area contributed by atoms with Gasteiger partial charge in [-0.1, -0.05) is 52.3 Å². The van der Waals surface area contributed by atoms with Gasteiger partial charge in [0.05, 0.1) is 19.4 Å². The van der Waals surface area contributed by atoms with Crippen molar-refractivity contribution < 1.29 is 19.8 Å². The molecular weight excluding hydrogens is 362 g/mol. The highest BCUT2D eigenvalue weighted by Crippen LogP contribution is 2.12. The van der Waals surface area contributed by atoms with Gasteiger partial charge in [-0.3, -0.25) is 9.59 Å². The summed E-state index contributed by atoms with van der Waals surface area (Å²) in [6.07, 6.45) is 0.103. The molecule has 0 fully saturated rings. The highest BCUT2D eigenvalue weighted by molar-refractivity contribution is 9.10. The summed E-state index contributed by atoms with van der Waals surface area (Å²) in [6, 6.07) is 13.8. The Morgan fingerprint density at radius 3 is 1.61 bits per heavy atom.